The van der Waals surface area contributed by atoms with Crippen LogP contribution in [0.1, 0.15) is 80.5 Å². The highest BCUT2D eigenvalue weighted by molar-refractivity contribution is 6.03. The van der Waals surface area contributed by atoms with Gasteiger partial charge in [-0.3, -0.25) is 19.2 Å². The second-order valence-electron chi connectivity index (χ2n) is 17.1. The minimum absolute atomic E-state index is 0.0176. The normalized spacial score (nSPS) is 37.3. The van der Waals surface area contributed by atoms with Gasteiger partial charge in [-0.2, -0.15) is 0 Å². The number of carbonyl (C=O) groups excluding carboxylic acids is 4. The lowest BCUT2D eigenvalue weighted by Crippen LogP contribution is -2.59. The smallest absolute Gasteiger partial charge is 0.317 e. The number of esters is 2. The van der Waals surface area contributed by atoms with E-state index in [1.54, 1.807) is 47.6 Å². The molecule has 0 radical (unpaired) electrons. The Morgan fingerprint density at radius 2 is 1.75 bits per heavy atom. The number of methoxy groups -OCH3 is 1. The Bertz CT molecular complexity index is 1910. The lowest BCUT2D eigenvalue weighted by Gasteiger charge is -2.47. The topological polar surface area (TPSA) is 224 Å². The molecule has 17 nitrogen and oxygen atoms in total. The molecule has 3 N–H and O–H groups in total. The van der Waals surface area contributed by atoms with Crippen LogP contribution >= 0.6 is 0 Å². The summed E-state index contributed by atoms with van der Waals surface area (Å²) in [4.78, 5) is 64.2. The number of fused-ring (bicyclic) bond motifs is 1. The van der Waals surface area contributed by atoms with Crippen LogP contribution in [0, 0.1) is 41.3 Å². The monoisotopic (exact) mass is 845 g/mol. The first kappa shape index (κ1) is 46.7. The molecule has 18 heteroatoms. The number of cyclic esters (lactones) is 1. The zero-order valence-corrected chi connectivity index (χ0v) is 36.2. The van der Waals surface area contributed by atoms with Crippen molar-refractivity contribution in [1.82, 2.24) is 15.1 Å². The van der Waals surface area contributed by atoms with Crippen LogP contribution in [-0.4, -0.2) is 119 Å². The van der Waals surface area contributed by atoms with E-state index in [1.165, 1.54) is 32.2 Å². The first-order chi connectivity index (χ1) is 28.2. The molecule has 14 atom stereocenters. The van der Waals surface area contributed by atoms with Gasteiger partial charge in [0.1, 0.15) is 35.6 Å². The Morgan fingerprint density at radius 1 is 1.05 bits per heavy atom. The molecular weight excluding hydrogens is 785 g/mol. The molecule has 4 heterocycles. The number of aliphatic hydroxyl groups is 1. The highest BCUT2D eigenvalue weighted by atomic mass is 19.1. The fourth-order valence-corrected chi connectivity index (χ4v) is 9.21. The van der Waals surface area contributed by atoms with Crippen LogP contribution in [0.3, 0.4) is 0 Å². The lowest BCUT2D eigenvalue weighted by molar-refractivity contribution is -0.295. The summed E-state index contributed by atoms with van der Waals surface area (Å²) in [6.45, 7) is 12.9. The lowest BCUT2D eigenvalue weighted by atomic mass is 9.67. The van der Waals surface area contributed by atoms with Crippen LogP contribution < -0.4 is 5.73 Å². The minimum Gasteiger partial charge on any atom is -0.458 e. The zero-order chi connectivity index (χ0) is 44.4. The van der Waals surface area contributed by atoms with E-state index in [2.05, 4.69) is 15.4 Å². The van der Waals surface area contributed by atoms with Crippen molar-refractivity contribution in [3.8, 4) is 11.5 Å². The number of benzene rings is 1. The molecule has 1 aromatic heterocycles. The third-order valence-corrected chi connectivity index (χ3v) is 12.6. The Hall–Kier alpha value is -4.36. The molecule has 0 amide bonds. The molecule has 3 saturated heterocycles. The highest BCUT2D eigenvalue weighted by Crippen LogP contribution is 2.48. The van der Waals surface area contributed by atoms with Crippen molar-refractivity contribution in [3.05, 3.63) is 36.0 Å². The summed E-state index contributed by atoms with van der Waals surface area (Å²) < 4.78 is 50.2. The largest absolute Gasteiger partial charge is 0.458 e. The Kier molecular flexibility index (Phi) is 14.6. The van der Waals surface area contributed by atoms with Crippen LogP contribution in [0.25, 0.3) is 11.5 Å². The summed E-state index contributed by atoms with van der Waals surface area (Å²) in [5.74, 6) is -9.76. The predicted molar refractivity (Wildman–Crippen MR) is 212 cm³/mol. The molecule has 5 rings (SSSR count). The highest BCUT2D eigenvalue weighted by Gasteiger charge is 2.62. The van der Waals surface area contributed by atoms with Crippen molar-refractivity contribution >= 4 is 29.3 Å². The van der Waals surface area contributed by atoms with Crippen LogP contribution in [0.4, 0.5) is 4.39 Å². The van der Waals surface area contributed by atoms with Gasteiger partial charge in [0.05, 0.1) is 17.8 Å². The van der Waals surface area contributed by atoms with Crippen molar-refractivity contribution in [2.75, 3.05) is 21.2 Å². The van der Waals surface area contributed by atoms with Crippen molar-refractivity contribution in [1.29, 1.82) is 0 Å². The number of amidine groups is 1. The van der Waals surface area contributed by atoms with E-state index >= 15 is 0 Å². The number of nitrogens with two attached hydrogens (primary N) is 1. The number of ketones is 2. The van der Waals surface area contributed by atoms with Gasteiger partial charge in [-0.1, -0.05) is 38.9 Å². The van der Waals surface area contributed by atoms with E-state index in [-0.39, 0.29) is 55.0 Å². The molecule has 332 valence electrons. The zero-order valence-electron chi connectivity index (χ0n) is 36.2. The van der Waals surface area contributed by atoms with Crippen LogP contribution in [0.2, 0.25) is 0 Å². The van der Waals surface area contributed by atoms with E-state index in [0.717, 1.165) is 0 Å². The summed E-state index contributed by atoms with van der Waals surface area (Å²) in [6.07, 6.45) is -4.12. The maximum absolute atomic E-state index is 14.7. The fourth-order valence-electron chi connectivity index (χ4n) is 9.21. The number of aliphatic hydroxyl groups excluding tert-OH is 1. The second-order valence-corrected chi connectivity index (χ2v) is 17.1. The van der Waals surface area contributed by atoms with E-state index in [1.807, 2.05) is 25.9 Å². The third kappa shape index (κ3) is 9.42. The summed E-state index contributed by atoms with van der Waals surface area (Å²) in [7, 11) is 5.12. The van der Waals surface area contributed by atoms with Crippen molar-refractivity contribution in [2.24, 2.45) is 46.4 Å². The van der Waals surface area contributed by atoms with E-state index < -0.39 is 94.9 Å². The number of carbonyl (C=O) groups is 4. The number of halogens is 1. The standard InChI is InChI=1S/C42H60FN5O12/c1-12-28-42(8)31(30(39(53)60-42)36(44)47-55-19-29-45-46-37(58-29)25-14-13-15-26(43)17-25)22(4)32(49)20(2)18-41(7,54-11)35(23(5)33(50)24(6)38(52)57-28)59-40-34(51)27(48(9)10)16-21(3)56-40/h13-15,17,20-24,27-28,30-31,34-35,40,51H,12,16,18-19H2,1-11H3,(H2,44,47)/t20-,21?,22-,23+,24-,27?,28-,30?,31?,34?,35-,40?,41+,42-/m1/s1. The molecule has 6 unspecified atom stereocenters. The van der Waals surface area contributed by atoms with E-state index in [9.17, 15) is 28.7 Å². The first-order valence-corrected chi connectivity index (χ1v) is 20.4. The Labute approximate surface area is 349 Å². The molecule has 60 heavy (non-hydrogen) atoms. The number of nitrogens with zero attached hydrogens (tertiary/aromatic N) is 4. The van der Waals surface area contributed by atoms with E-state index in [0.29, 0.717) is 12.0 Å². The van der Waals surface area contributed by atoms with Crippen molar-refractivity contribution < 1.29 is 61.6 Å². The minimum atomic E-state index is -1.61. The number of rotatable bonds is 10. The van der Waals surface area contributed by atoms with Gasteiger partial charge >= 0.3 is 11.9 Å². The molecule has 2 aromatic rings. The number of ether oxygens (including phenoxy) is 5. The van der Waals surface area contributed by atoms with Crippen molar-refractivity contribution in [2.45, 2.75) is 129 Å². The Balaban J connectivity index is 1.49. The molecule has 0 saturated carbocycles. The summed E-state index contributed by atoms with van der Waals surface area (Å²) in [6, 6.07) is 5.27. The van der Waals surface area contributed by atoms with Crippen LogP contribution in [0.5, 0.6) is 0 Å². The molecular formula is C42H60FN5O12. The number of Topliss-reactive ketones (excluding diaryl/α,β-unsaturated/α-hetero) is 2. The molecule has 3 fully saturated rings. The quantitative estimate of drug-likeness (QED) is 0.114. The molecule has 3 aliphatic rings. The molecule has 3 aliphatic heterocycles. The van der Waals surface area contributed by atoms with Crippen molar-refractivity contribution in [3.63, 3.8) is 0 Å². The maximum Gasteiger partial charge on any atom is 0.317 e. The summed E-state index contributed by atoms with van der Waals surface area (Å²) in [5, 5.41) is 23.3. The average Bonchev–Trinajstić information content (AvgIpc) is 3.79. The van der Waals surface area contributed by atoms with Gasteiger partial charge in [0.2, 0.25) is 5.89 Å². The predicted octanol–water partition coefficient (Wildman–Crippen LogP) is 3.84. The molecule has 1 aromatic carbocycles. The fraction of sp³-hybridized carbons (Fsp3) is 0.690. The summed E-state index contributed by atoms with van der Waals surface area (Å²) >= 11 is 0. The van der Waals surface area contributed by atoms with Crippen LogP contribution in [-0.2, 0) is 54.3 Å². The SMILES string of the molecule is CC[C@H]1OC(=O)[C@H](C)C(=O)[C@H](C)[C@@H](OC2OC(C)CC(N(C)C)C2O)[C@@](C)(OC)C[C@@H](C)C(=O)[C@H](C)C2C(/C(N)=N\OCc3nnc(-c4cccc(F)c4)o3)C(=O)O[C@@]21C. The number of hydrogen-bond acceptors (Lipinski definition) is 16. The third-order valence-electron chi connectivity index (χ3n) is 12.6. The van der Waals surface area contributed by atoms with Gasteiger partial charge in [0, 0.05) is 42.4 Å². The molecule has 0 aliphatic carbocycles. The van der Waals surface area contributed by atoms with Gasteiger partial charge in [-0.25, -0.2) is 4.39 Å². The Morgan fingerprint density at radius 3 is 2.38 bits per heavy atom. The number of oxime groups is 1. The van der Waals surface area contributed by atoms with Gasteiger partial charge < -0.3 is 48.7 Å². The van der Waals surface area contributed by atoms with Crippen LogP contribution in [0.15, 0.2) is 33.8 Å². The number of aromatic nitrogens is 2. The van der Waals surface area contributed by atoms with Gasteiger partial charge in [0.15, 0.2) is 30.1 Å². The van der Waals surface area contributed by atoms with Gasteiger partial charge in [0.25, 0.3) is 5.89 Å². The first-order valence-electron chi connectivity index (χ1n) is 20.4. The molecule has 0 spiro atoms. The number of likely N-dealkylation sites (N-methyl/N-ethyl adjacent to an activating group) is 1. The van der Waals surface area contributed by atoms with Gasteiger partial charge in [-0.05, 0) is 79.3 Å². The van der Waals surface area contributed by atoms with E-state index in [4.69, 9.17) is 38.7 Å². The second kappa shape index (κ2) is 18.7. The average molecular weight is 846 g/mol. The maximum atomic E-state index is 14.7. The number of hydrogen-bond donors (Lipinski definition) is 2. The molecule has 0 bridgehead atoms. The van der Waals surface area contributed by atoms with Gasteiger partial charge in [-0.15, -0.1) is 10.2 Å². The summed E-state index contributed by atoms with van der Waals surface area (Å²) in [5.41, 5.74) is 3.87.